The molecule has 0 aliphatic carbocycles. The first-order chi connectivity index (χ1) is 12.9. The van der Waals surface area contributed by atoms with Crippen molar-refractivity contribution in [2.75, 3.05) is 53.3 Å². The summed E-state index contributed by atoms with van der Waals surface area (Å²) in [4.78, 5) is 14.2. The first-order valence-corrected chi connectivity index (χ1v) is 10.5. The molecular weight excluding hydrogens is 372 g/mol. The molecule has 1 heterocycles. The molecule has 0 spiro atoms. The number of hydrogen-bond donors (Lipinski definition) is 0. The van der Waals surface area contributed by atoms with E-state index in [4.69, 9.17) is 14.2 Å². The summed E-state index contributed by atoms with van der Waals surface area (Å²) in [5.41, 5.74) is 0.907. The lowest BCUT2D eigenvalue weighted by molar-refractivity contribution is -0.132. The molecule has 1 saturated heterocycles. The van der Waals surface area contributed by atoms with E-state index in [1.807, 2.05) is 12.1 Å². The second-order valence-corrected chi connectivity index (χ2v) is 8.47. The lowest BCUT2D eigenvalue weighted by atomic mass is 10.1. The fraction of sp³-hybridized carbons (Fsp3) is 0.611. The Morgan fingerprint density at radius 3 is 2.00 bits per heavy atom. The third kappa shape index (κ3) is 5.04. The second kappa shape index (κ2) is 9.27. The summed E-state index contributed by atoms with van der Waals surface area (Å²) in [6.45, 7) is 3.18. The van der Waals surface area contributed by atoms with Gasteiger partial charge in [0, 0.05) is 32.6 Å². The van der Waals surface area contributed by atoms with Gasteiger partial charge < -0.3 is 19.1 Å². The van der Waals surface area contributed by atoms with Crippen molar-refractivity contribution < 1.29 is 27.4 Å². The highest BCUT2D eigenvalue weighted by Crippen LogP contribution is 2.38. The van der Waals surface area contributed by atoms with Crippen LogP contribution in [0, 0.1) is 0 Å². The number of carbonyl (C=O) groups is 1. The molecule has 9 heteroatoms. The maximum atomic E-state index is 12.5. The molecule has 0 aromatic heterocycles. The van der Waals surface area contributed by atoms with Gasteiger partial charge in [0.05, 0.1) is 27.1 Å². The Morgan fingerprint density at radius 2 is 1.56 bits per heavy atom. The molecule has 1 aromatic carbocycles. The molecule has 1 fully saturated rings. The average molecular weight is 400 g/mol. The molecule has 0 N–H and O–H groups in total. The molecule has 2 rings (SSSR count). The van der Waals surface area contributed by atoms with Crippen LogP contribution in [0.2, 0.25) is 0 Å². The van der Waals surface area contributed by atoms with Crippen molar-refractivity contribution in [2.24, 2.45) is 0 Å². The van der Waals surface area contributed by atoms with Crippen molar-refractivity contribution >= 4 is 15.9 Å². The van der Waals surface area contributed by atoms with Gasteiger partial charge in [-0.3, -0.25) is 4.79 Å². The largest absolute Gasteiger partial charge is 0.493 e. The molecule has 0 unspecified atom stereocenters. The molecule has 1 aliphatic rings. The van der Waals surface area contributed by atoms with Crippen molar-refractivity contribution in [2.45, 2.75) is 19.8 Å². The van der Waals surface area contributed by atoms with Crippen LogP contribution in [-0.2, 0) is 21.2 Å². The zero-order chi connectivity index (χ0) is 20.0. The molecule has 1 aliphatic heterocycles. The number of sulfonamides is 1. The normalized spacial score (nSPS) is 15.5. The van der Waals surface area contributed by atoms with Gasteiger partial charge in [0.1, 0.15) is 0 Å². The molecule has 1 aromatic rings. The van der Waals surface area contributed by atoms with E-state index in [0.29, 0.717) is 56.3 Å². The van der Waals surface area contributed by atoms with Crippen molar-refractivity contribution in [1.29, 1.82) is 0 Å². The van der Waals surface area contributed by atoms with Crippen LogP contribution in [0.25, 0.3) is 0 Å². The minimum absolute atomic E-state index is 0.0114. The summed E-state index contributed by atoms with van der Waals surface area (Å²) in [6, 6.07) is 3.67. The smallest absolute Gasteiger partial charge is 0.222 e. The SMILES string of the molecule is CCS(=O)(=O)N1CCN(C(=O)CCc2cc(OC)c(OC)c(OC)c2)CC1. The van der Waals surface area contributed by atoms with Gasteiger partial charge in [0.2, 0.25) is 21.7 Å². The Bertz CT molecular complexity index is 732. The van der Waals surface area contributed by atoms with Crippen molar-refractivity contribution in [3.8, 4) is 17.2 Å². The maximum Gasteiger partial charge on any atom is 0.222 e. The summed E-state index contributed by atoms with van der Waals surface area (Å²) in [6.07, 6.45) is 0.863. The number of piperazine rings is 1. The Labute approximate surface area is 161 Å². The number of hydrogen-bond acceptors (Lipinski definition) is 6. The van der Waals surface area contributed by atoms with E-state index in [0.717, 1.165) is 5.56 Å². The quantitative estimate of drug-likeness (QED) is 0.651. The fourth-order valence-electron chi connectivity index (χ4n) is 3.09. The molecule has 1 amide bonds. The first-order valence-electron chi connectivity index (χ1n) is 8.90. The molecule has 0 radical (unpaired) electrons. The number of benzene rings is 1. The van der Waals surface area contributed by atoms with Gasteiger partial charge in [0.15, 0.2) is 11.5 Å². The number of nitrogens with zero attached hydrogens (tertiary/aromatic N) is 2. The predicted octanol–water partition coefficient (Wildman–Crippen LogP) is 1.14. The number of methoxy groups -OCH3 is 3. The number of rotatable bonds is 8. The van der Waals surface area contributed by atoms with Crippen LogP contribution in [0.3, 0.4) is 0 Å². The molecular formula is C18H28N2O6S. The van der Waals surface area contributed by atoms with Crippen LogP contribution in [0.5, 0.6) is 17.2 Å². The molecule has 152 valence electrons. The van der Waals surface area contributed by atoms with Gasteiger partial charge in [-0.2, -0.15) is 4.31 Å². The van der Waals surface area contributed by atoms with Crippen LogP contribution < -0.4 is 14.2 Å². The summed E-state index contributed by atoms with van der Waals surface area (Å²) in [7, 11) is 1.45. The number of ether oxygens (including phenoxy) is 3. The van der Waals surface area contributed by atoms with E-state index < -0.39 is 10.0 Å². The lowest BCUT2D eigenvalue weighted by Crippen LogP contribution is -2.50. The fourth-order valence-corrected chi connectivity index (χ4v) is 4.17. The number of aryl methyl sites for hydroxylation is 1. The van der Waals surface area contributed by atoms with Crippen molar-refractivity contribution in [1.82, 2.24) is 9.21 Å². The van der Waals surface area contributed by atoms with Gasteiger partial charge in [0.25, 0.3) is 0 Å². The van der Waals surface area contributed by atoms with Crippen LogP contribution in [0.4, 0.5) is 0 Å². The van der Waals surface area contributed by atoms with Gasteiger partial charge >= 0.3 is 0 Å². The van der Waals surface area contributed by atoms with Gasteiger partial charge in [-0.05, 0) is 31.0 Å². The first kappa shape index (κ1) is 21.3. The van der Waals surface area contributed by atoms with E-state index in [1.54, 1.807) is 33.2 Å². The molecule has 0 saturated carbocycles. The van der Waals surface area contributed by atoms with E-state index >= 15 is 0 Å². The third-order valence-corrected chi connectivity index (χ3v) is 6.58. The van der Waals surface area contributed by atoms with Crippen LogP contribution in [0.1, 0.15) is 18.9 Å². The van der Waals surface area contributed by atoms with E-state index in [-0.39, 0.29) is 11.7 Å². The third-order valence-electron chi connectivity index (χ3n) is 4.70. The minimum Gasteiger partial charge on any atom is -0.493 e. The van der Waals surface area contributed by atoms with E-state index in [9.17, 15) is 13.2 Å². The Hall–Kier alpha value is -2.00. The minimum atomic E-state index is -3.19. The van der Waals surface area contributed by atoms with Crippen LogP contribution in [-0.4, -0.2) is 76.8 Å². The second-order valence-electron chi connectivity index (χ2n) is 6.21. The summed E-state index contributed by atoms with van der Waals surface area (Å²) < 4.78 is 41.2. The zero-order valence-corrected chi connectivity index (χ0v) is 17.2. The van der Waals surface area contributed by atoms with Crippen molar-refractivity contribution in [3.63, 3.8) is 0 Å². The number of carbonyl (C=O) groups excluding carboxylic acids is 1. The Balaban J connectivity index is 1.96. The Morgan fingerprint density at radius 1 is 1.00 bits per heavy atom. The molecule has 27 heavy (non-hydrogen) atoms. The van der Waals surface area contributed by atoms with Crippen LogP contribution >= 0.6 is 0 Å². The number of amides is 1. The monoisotopic (exact) mass is 400 g/mol. The lowest BCUT2D eigenvalue weighted by Gasteiger charge is -2.33. The molecule has 8 nitrogen and oxygen atoms in total. The van der Waals surface area contributed by atoms with E-state index in [2.05, 4.69) is 0 Å². The highest BCUT2D eigenvalue weighted by atomic mass is 32.2. The van der Waals surface area contributed by atoms with Crippen molar-refractivity contribution in [3.05, 3.63) is 17.7 Å². The van der Waals surface area contributed by atoms with Gasteiger partial charge in [-0.25, -0.2) is 8.42 Å². The zero-order valence-electron chi connectivity index (χ0n) is 16.4. The predicted molar refractivity (Wildman–Crippen MR) is 102 cm³/mol. The summed E-state index contributed by atoms with van der Waals surface area (Å²) >= 11 is 0. The summed E-state index contributed by atoms with van der Waals surface area (Å²) in [5, 5.41) is 0. The summed E-state index contributed by atoms with van der Waals surface area (Å²) in [5.74, 6) is 1.72. The van der Waals surface area contributed by atoms with Gasteiger partial charge in [-0.15, -0.1) is 0 Å². The average Bonchev–Trinajstić information content (AvgIpc) is 2.70. The van der Waals surface area contributed by atoms with Gasteiger partial charge in [-0.1, -0.05) is 0 Å². The Kier molecular flexibility index (Phi) is 7.32. The molecule has 0 atom stereocenters. The molecule has 0 bridgehead atoms. The highest BCUT2D eigenvalue weighted by Gasteiger charge is 2.27. The highest BCUT2D eigenvalue weighted by molar-refractivity contribution is 7.89. The van der Waals surface area contributed by atoms with Crippen LogP contribution in [0.15, 0.2) is 12.1 Å². The standard InChI is InChI=1S/C18H28N2O6S/c1-5-27(22,23)20-10-8-19(9-11-20)17(21)7-6-14-12-15(24-2)18(26-4)16(13-14)25-3/h12-13H,5-11H2,1-4H3. The van der Waals surface area contributed by atoms with E-state index in [1.165, 1.54) is 4.31 Å². The topological polar surface area (TPSA) is 85.4 Å². The maximum absolute atomic E-state index is 12.5.